The maximum atomic E-state index is 13.0. The normalized spacial score (nSPS) is 16.0. The summed E-state index contributed by atoms with van der Waals surface area (Å²) in [5.41, 5.74) is 4.32. The van der Waals surface area contributed by atoms with Crippen LogP contribution in [-0.2, 0) is 0 Å². The zero-order valence-corrected chi connectivity index (χ0v) is 15.2. The van der Waals surface area contributed by atoms with Gasteiger partial charge < -0.3 is 5.32 Å². The number of anilines is 2. The Kier molecular flexibility index (Phi) is 4.01. The topological polar surface area (TPSA) is 45.2 Å². The molecule has 2 aromatic carbocycles. The molecule has 0 spiro atoms. The Morgan fingerprint density at radius 2 is 1.76 bits per heavy atom. The first kappa shape index (κ1) is 15.8. The van der Waals surface area contributed by atoms with E-state index in [0.29, 0.717) is 5.56 Å². The number of rotatable bonds is 3. The van der Waals surface area contributed by atoms with Crippen molar-refractivity contribution in [1.29, 1.82) is 0 Å². The molecule has 3 aromatic rings. The van der Waals surface area contributed by atoms with E-state index in [1.807, 2.05) is 61.5 Å². The second kappa shape index (κ2) is 6.33. The SMILES string of the molecule is Cc1ccc(N2C(=O)c3cccnc3C2Nc2ccc(Br)cc2)cc1. The van der Waals surface area contributed by atoms with E-state index >= 15 is 0 Å². The molecule has 1 N–H and O–H groups in total. The smallest absolute Gasteiger partial charge is 0.262 e. The molecule has 0 fully saturated rings. The van der Waals surface area contributed by atoms with Crippen molar-refractivity contribution >= 4 is 33.2 Å². The van der Waals surface area contributed by atoms with Gasteiger partial charge in [-0.1, -0.05) is 33.6 Å². The van der Waals surface area contributed by atoms with Crippen molar-refractivity contribution in [3.63, 3.8) is 0 Å². The van der Waals surface area contributed by atoms with Gasteiger partial charge >= 0.3 is 0 Å². The van der Waals surface area contributed by atoms with Gasteiger partial charge in [0.2, 0.25) is 0 Å². The lowest BCUT2D eigenvalue weighted by molar-refractivity contribution is 0.0993. The number of aryl methyl sites for hydroxylation is 1. The molecule has 1 amide bonds. The zero-order valence-electron chi connectivity index (χ0n) is 13.6. The summed E-state index contributed by atoms with van der Waals surface area (Å²) >= 11 is 3.44. The van der Waals surface area contributed by atoms with Gasteiger partial charge in [0.25, 0.3) is 5.91 Å². The van der Waals surface area contributed by atoms with Crippen molar-refractivity contribution in [1.82, 2.24) is 4.98 Å². The van der Waals surface area contributed by atoms with Crippen LogP contribution in [0.15, 0.2) is 71.3 Å². The number of amides is 1. The van der Waals surface area contributed by atoms with Crippen molar-refractivity contribution < 1.29 is 4.79 Å². The van der Waals surface area contributed by atoms with Crippen molar-refractivity contribution in [2.75, 3.05) is 10.2 Å². The third kappa shape index (κ3) is 2.91. The molecule has 0 saturated carbocycles. The van der Waals surface area contributed by atoms with E-state index in [4.69, 9.17) is 0 Å². The molecular formula is C20H16BrN3O. The van der Waals surface area contributed by atoms with E-state index in [0.717, 1.165) is 27.1 Å². The van der Waals surface area contributed by atoms with Crippen molar-refractivity contribution in [3.05, 3.63) is 88.2 Å². The second-order valence-corrected chi connectivity index (χ2v) is 6.92. The first-order valence-corrected chi connectivity index (χ1v) is 8.80. The molecule has 1 aliphatic rings. The third-order valence-electron chi connectivity index (χ3n) is 4.26. The molecule has 4 rings (SSSR count). The van der Waals surface area contributed by atoms with Crippen LogP contribution in [0.1, 0.15) is 27.8 Å². The number of hydrogen-bond acceptors (Lipinski definition) is 3. The fourth-order valence-corrected chi connectivity index (χ4v) is 3.26. The molecular weight excluding hydrogens is 378 g/mol. The molecule has 25 heavy (non-hydrogen) atoms. The lowest BCUT2D eigenvalue weighted by Gasteiger charge is -2.26. The maximum absolute atomic E-state index is 13.0. The summed E-state index contributed by atoms with van der Waals surface area (Å²) in [7, 11) is 0. The predicted molar refractivity (Wildman–Crippen MR) is 103 cm³/mol. The molecule has 1 aromatic heterocycles. The third-order valence-corrected chi connectivity index (χ3v) is 4.79. The fraction of sp³-hybridized carbons (Fsp3) is 0.100. The Bertz CT molecular complexity index is 922. The number of halogens is 1. The fourth-order valence-electron chi connectivity index (χ4n) is 2.99. The highest BCUT2D eigenvalue weighted by Crippen LogP contribution is 2.37. The maximum Gasteiger partial charge on any atom is 0.262 e. The Hall–Kier alpha value is -2.66. The highest BCUT2D eigenvalue weighted by Gasteiger charge is 2.38. The van der Waals surface area contributed by atoms with Crippen LogP contribution < -0.4 is 10.2 Å². The highest BCUT2D eigenvalue weighted by molar-refractivity contribution is 9.10. The Labute approximate surface area is 154 Å². The van der Waals surface area contributed by atoms with Gasteiger partial charge in [-0.25, -0.2) is 0 Å². The van der Waals surface area contributed by atoms with Gasteiger partial charge in [0.15, 0.2) is 6.17 Å². The quantitative estimate of drug-likeness (QED) is 0.686. The van der Waals surface area contributed by atoms with E-state index in [1.165, 1.54) is 0 Å². The molecule has 0 aliphatic carbocycles. The first-order chi connectivity index (χ1) is 12.1. The van der Waals surface area contributed by atoms with E-state index in [2.05, 4.69) is 26.2 Å². The zero-order chi connectivity index (χ0) is 17.4. The largest absolute Gasteiger partial charge is 0.360 e. The number of pyridine rings is 1. The molecule has 1 atom stereocenters. The second-order valence-electron chi connectivity index (χ2n) is 6.00. The standard InChI is InChI=1S/C20H16BrN3O/c1-13-4-10-16(11-5-13)24-19(23-15-8-6-14(21)7-9-15)18-17(20(24)25)3-2-12-22-18/h2-12,19,23H,1H3. The molecule has 2 heterocycles. The van der Waals surface area contributed by atoms with Crippen LogP contribution in [-0.4, -0.2) is 10.9 Å². The first-order valence-electron chi connectivity index (χ1n) is 8.01. The minimum Gasteiger partial charge on any atom is -0.360 e. The summed E-state index contributed by atoms with van der Waals surface area (Å²) in [6.07, 6.45) is 1.38. The van der Waals surface area contributed by atoms with Gasteiger partial charge in [-0.2, -0.15) is 0 Å². The van der Waals surface area contributed by atoms with Crippen molar-refractivity contribution in [2.45, 2.75) is 13.1 Å². The van der Waals surface area contributed by atoms with E-state index in [-0.39, 0.29) is 12.1 Å². The Morgan fingerprint density at radius 1 is 1.04 bits per heavy atom. The molecule has 1 aliphatic heterocycles. The summed E-state index contributed by atoms with van der Waals surface area (Å²) in [5.74, 6) is -0.0402. The number of fused-ring (bicyclic) bond motifs is 1. The van der Waals surface area contributed by atoms with Gasteiger partial charge in [-0.3, -0.25) is 14.7 Å². The molecule has 5 heteroatoms. The summed E-state index contributed by atoms with van der Waals surface area (Å²) in [5, 5.41) is 3.44. The summed E-state index contributed by atoms with van der Waals surface area (Å²) in [6, 6.07) is 19.5. The van der Waals surface area contributed by atoms with Crippen LogP contribution >= 0.6 is 15.9 Å². The van der Waals surface area contributed by atoms with Gasteiger partial charge in [0, 0.05) is 22.0 Å². The molecule has 0 bridgehead atoms. The molecule has 124 valence electrons. The summed E-state index contributed by atoms with van der Waals surface area (Å²) in [6.45, 7) is 2.03. The number of nitrogens with zero attached hydrogens (tertiary/aromatic N) is 2. The highest BCUT2D eigenvalue weighted by atomic mass is 79.9. The molecule has 1 unspecified atom stereocenters. The lowest BCUT2D eigenvalue weighted by Crippen LogP contribution is -2.32. The monoisotopic (exact) mass is 393 g/mol. The van der Waals surface area contributed by atoms with Gasteiger partial charge in [-0.05, 0) is 55.5 Å². The Morgan fingerprint density at radius 3 is 2.48 bits per heavy atom. The molecule has 4 nitrogen and oxygen atoms in total. The van der Waals surface area contributed by atoms with Crippen LogP contribution in [0.2, 0.25) is 0 Å². The Balaban J connectivity index is 1.77. The lowest BCUT2D eigenvalue weighted by atomic mass is 10.2. The number of hydrogen-bond donors (Lipinski definition) is 1. The number of carbonyl (C=O) groups is 1. The van der Waals surface area contributed by atoms with E-state index < -0.39 is 0 Å². The van der Waals surface area contributed by atoms with Crippen LogP contribution in [0.5, 0.6) is 0 Å². The average Bonchev–Trinajstić information content (AvgIpc) is 2.90. The van der Waals surface area contributed by atoms with Gasteiger partial charge in [0.1, 0.15) is 0 Å². The van der Waals surface area contributed by atoms with Gasteiger partial charge in [0.05, 0.1) is 11.3 Å². The van der Waals surface area contributed by atoms with Crippen molar-refractivity contribution in [2.24, 2.45) is 0 Å². The average molecular weight is 394 g/mol. The van der Waals surface area contributed by atoms with Crippen LogP contribution in [0.25, 0.3) is 0 Å². The van der Waals surface area contributed by atoms with Crippen molar-refractivity contribution in [3.8, 4) is 0 Å². The minimum atomic E-state index is -0.340. The summed E-state index contributed by atoms with van der Waals surface area (Å²) < 4.78 is 1.01. The van der Waals surface area contributed by atoms with Crippen LogP contribution in [0.3, 0.4) is 0 Å². The summed E-state index contributed by atoms with van der Waals surface area (Å²) in [4.78, 5) is 19.2. The minimum absolute atomic E-state index is 0.0402. The number of benzene rings is 2. The molecule has 0 radical (unpaired) electrons. The van der Waals surface area contributed by atoms with E-state index in [9.17, 15) is 4.79 Å². The van der Waals surface area contributed by atoms with Crippen LogP contribution in [0.4, 0.5) is 11.4 Å². The van der Waals surface area contributed by atoms with Crippen LogP contribution in [0, 0.1) is 6.92 Å². The van der Waals surface area contributed by atoms with E-state index in [1.54, 1.807) is 17.2 Å². The molecule has 0 saturated heterocycles. The number of aromatic nitrogens is 1. The predicted octanol–water partition coefficient (Wildman–Crippen LogP) is 4.92. The number of nitrogens with one attached hydrogen (secondary N) is 1. The number of carbonyl (C=O) groups excluding carboxylic acids is 1. The van der Waals surface area contributed by atoms with Gasteiger partial charge in [-0.15, -0.1) is 0 Å².